The number of hydrogen-bond acceptors (Lipinski definition) is 3. The highest BCUT2D eigenvalue weighted by Crippen LogP contribution is 2.33. The van der Waals surface area contributed by atoms with E-state index in [0.29, 0.717) is 12.0 Å². The van der Waals surface area contributed by atoms with E-state index in [0.717, 1.165) is 32.0 Å². The minimum atomic E-state index is 0. The van der Waals surface area contributed by atoms with E-state index in [1.165, 1.54) is 38.6 Å². The van der Waals surface area contributed by atoms with Crippen molar-refractivity contribution < 1.29 is 4.79 Å². The van der Waals surface area contributed by atoms with Gasteiger partial charge in [0.25, 0.3) is 0 Å². The van der Waals surface area contributed by atoms with Crippen LogP contribution in [0.4, 0.5) is 0 Å². The van der Waals surface area contributed by atoms with Gasteiger partial charge in [0.15, 0.2) is 0 Å². The molecule has 130 valence electrons. The first kappa shape index (κ1) is 20.0. The molecule has 0 aromatic heterocycles. The van der Waals surface area contributed by atoms with Crippen molar-refractivity contribution in [3.63, 3.8) is 0 Å². The Morgan fingerprint density at radius 3 is 2.68 bits per heavy atom. The highest BCUT2D eigenvalue weighted by Gasteiger charge is 2.38. The fourth-order valence-electron chi connectivity index (χ4n) is 4.26. The maximum absolute atomic E-state index is 12.3. The van der Waals surface area contributed by atoms with E-state index < -0.39 is 0 Å². The van der Waals surface area contributed by atoms with Gasteiger partial charge in [-0.2, -0.15) is 0 Å². The van der Waals surface area contributed by atoms with Gasteiger partial charge in [0.05, 0.1) is 6.04 Å². The Kier molecular flexibility index (Phi) is 8.47. The molecular formula is C16H31Cl2N3O. The van der Waals surface area contributed by atoms with Gasteiger partial charge in [0.1, 0.15) is 0 Å². The van der Waals surface area contributed by atoms with Crippen LogP contribution in [0.2, 0.25) is 0 Å². The molecule has 1 saturated carbocycles. The predicted molar refractivity (Wildman–Crippen MR) is 95.0 cm³/mol. The van der Waals surface area contributed by atoms with Crippen molar-refractivity contribution in [1.82, 2.24) is 15.5 Å². The Balaban J connectivity index is 0.00000121. The summed E-state index contributed by atoms with van der Waals surface area (Å²) in [6.07, 6.45) is 7.56. The van der Waals surface area contributed by atoms with E-state index in [1.54, 1.807) is 0 Å². The first-order valence-electron chi connectivity index (χ1n) is 8.52. The minimum absolute atomic E-state index is 0. The first-order valence-corrected chi connectivity index (χ1v) is 8.52. The molecule has 0 aromatic carbocycles. The largest absolute Gasteiger partial charge is 0.354 e. The average Bonchev–Trinajstić information content (AvgIpc) is 3.10. The SMILES string of the molecule is CCN1CCC(CNC(=O)C2CC3CCCCC3N2)C1.Cl.Cl. The normalized spacial score (nSPS) is 34.4. The van der Waals surface area contributed by atoms with E-state index in [-0.39, 0.29) is 36.8 Å². The average molecular weight is 352 g/mol. The third-order valence-electron chi connectivity index (χ3n) is 5.56. The van der Waals surface area contributed by atoms with Crippen molar-refractivity contribution in [3.8, 4) is 0 Å². The van der Waals surface area contributed by atoms with Crippen LogP contribution >= 0.6 is 24.8 Å². The number of fused-ring (bicyclic) bond motifs is 1. The van der Waals surface area contributed by atoms with E-state index in [4.69, 9.17) is 0 Å². The molecule has 4 nitrogen and oxygen atoms in total. The second-order valence-electron chi connectivity index (χ2n) is 6.90. The Morgan fingerprint density at radius 2 is 2.00 bits per heavy atom. The number of carbonyl (C=O) groups is 1. The monoisotopic (exact) mass is 351 g/mol. The number of amides is 1. The second kappa shape index (κ2) is 9.31. The summed E-state index contributed by atoms with van der Waals surface area (Å²) < 4.78 is 0. The summed E-state index contributed by atoms with van der Waals surface area (Å²) in [5.74, 6) is 1.65. The lowest BCUT2D eigenvalue weighted by Crippen LogP contribution is -2.44. The van der Waals surface area contributed by atoms with Gasteiger partial charge >= 0.3 is 0 Å². The smallest absolute Gasteiger partial charge is 0.237 e. The topological polar surface area (TPSA) is 44.4 Å². The van der Waals surface area contributed by atoms with Gasteiger partial charge in [-0.25, -0.2) is 0 Å². The third kappa shape index (κ3) is 4.73. The quantitative estimate of drug-likeness (QED) is 0.815. The molecule has 3 fully saturated rings. The summed E-state index contributed by atoms with van der Waals surface area (Å²) >= 11 is 0. The summed E-state index contributed by atoms with van der Waals surface area (Å²) in [4.78, 5) is 14.8. The molecule has 1 aliphatic carbocycles. The summed E-state index contributed by atoms with van der Waals surface area (Å²) in [5.41, 5.74) is 0. The van der Waals surface area contributed by atoms with Crippen LogP contribution in [0.5, 0.6) is 0 Å². The number of nitrogens with one attached hydrogen (secondary N) is 2. The molecule has 3 aliphatic rings. The van der Waals surface area contributed by atoms with Crippen LogP contribution in [0.25, 0.3) is 0 Å². The highest BCUT2D eigenvalue weighted by molar-refractivity contribution is 5.85. The van der Waals surface area contributed by atoms with Gasteiger partial charge in [-0.3, -0.25) is 4.79 Å². The van der Waals surface area contributed by atoms with Crippen LogP contribution in [-0.4, -0.2) is 49.1 Å². The molecule has 1 amide bonds. The van der Waals surface area contributed by atoms with E-state index >= 15 is 0 Å². The molecule has 22 heavy (non-hydrogen) atoms. The van der Waals surface area contributed by atoms with Gasteiger partial charge < -0.3 is 15.5 Å². The van der Waals surface area contributed by atoms with Crippen LogP contribution in [0.15, 0.2) is 0 Å². The van der Waals surface area contributed by atoms with Gasteiger partial charge in [-0.15, -0.1) is 24.8 Å². The lowest BCUT2D eigenvalue weighted by molar-refractivity contribution is -0.123. The number of nitrogens with zero attached hydrogens (tertiary/aromatic N) is 1. The molecule has 2 aliphatic heterocycles. The zero-order chi connectivity index (χ0) is 13.9. The zero-order valence-corrected chi connectivity index (χ0v) is 15.2. The van der Waals surface area contributed by atoms with Gasteiger partial charge in [0.2, 0.25) is 5.91 Å². The summed E-state index contributed by atoms with van der Waals surface area (Å²) in [7, 11) is 0. The minimum Gasteiger partial charge on any atom is -0.354 e. The molecule has 2 saturated heterocycles. The van der Waals surface area contributed by atoms with Gasteiger partial charge in [-0.05, 0) is 50.6 Å². The fraction of sp³-hybridized carbons (Fsp3) is 0.938. The maximum atomic E-state index is 12.3. The maximum Gasteiger partial charge on any atom is 0.237 e. The van der Waals surface area contributed by atoms with Crippen molar-refractivity contribution in [2.75, 3.05) is 26.2 Å². The van der Waals surface area contributed by atoms with Crippen molar-refractivity contribution in [2.24, 2.45) is 11.8 Å². The van der Waals surface area contributed by atoms with Crippen molar-refractivity contribution >= 4 is 30.7 Å². The van der Waals surface area contributed by atoms with Crippen molar-refractivity contribution in [2.45, 2.75) is 57.5 Å². The van der Waals surface area contributed by atoms with E-state index in [2.05, 4.69) is 22.5 Å². The van der Waals surface area contributed by atoms with Crippen LogP contribution in [0, 0.1) is 11.8 Å². The van der Waals surface area contributed by atoms with Crippen LogP contribution in [-0.2, 0) is 4.79 Å². The lowest BCUT2D eigenvalue weighted by Gasteiger charge is -2.24. The molecule has 0 radical (unpaired) electrons. The number of rotatable bonds is 4. The molecule has 0 aromatic rings. The Morgan fingerprint density at radius 1 is 1.23 bits per heavy atom. The Hall–Kier alpha value is -0.0300. The fourth-order valence-corrected chi connectivity index (χ4v) is 4.26. The molecule has 0 spiro atoms. The molecule has 3 rings (SSSR count). The predicted octanol–water partition coefficient (Wildman–Crippen LogP) is 2.21. The number of likely N-dealkylation sites (tertiary alicyclic amines) is 1. The molecule has 0 bridgehead atoms. The molecule has 4 atom stereocenters. The number of carbonyl (C=O) groups excluding carboxylic acids is 1. The van der Waals surface area contributed by atoms with E-state index in [9.17, 15) is 4.79 Å². The molecule has 2 N–H and O–H groups in total. The number of halogens is 2. The highest BCUT2D eigenvalue weighted by atomic mass is 35.5. The molecule has 2 heterocycles. The van der Waals surface area contributed by atoms with Crippen LogP contribution in [0.1, 0.15) is 45.4 Å². The Labute approximate surface area is 147 Å². The Bertz CT molecular complexity index is 342. The summed E-state index contributed by atoms with van der Waals surface area (Å²) in [6.45, 7) is 6.56. The van der Waals surface area contributed by atoms with Crippen molar-refractivity contribution in [1.29, 1.82) is 0 Å². The molecule has 4 unspecified atom stereocenters. The lowest BCUT2D eigenvalue weighted by atomic mass is 9.85. The standard InChI is InChI=1S/C16H29N3O.2ClH/c1-2-19-8-7-12(11-19)10-17-16(20)15-9-13-5-3-4-6-14(13)18-15;;/h12-15,18H,2-11H2,1H3,(H,17,20);2*1H. The third-order valence-corrected chi connectivity index (χ3v) is 5.56. The first-order chi connectivity index (χ1) is 9.76. The number of hydrogen-bond donors (Lipinski definition) is 2. The van der Waals surface area contributed by atoms with E-state index in [1.807, 2.05) is 0 Å². The molecular weight excluding hydrogens is 321 g/mol. The van der Waals surface area contributed by atoms with Crippen molar-refractivity contribution in [3.05, 3.63) is 0 Å². The van der Waals surface area contributed by atoms with Gasteiger partial charge in [0, 0.05) is 19.1 Å². The molecule has 6 heteroatoms. The van der Waals surface area contributed by atoms with Crippen LogP contribution in [0.3, 0.4) is 0 Å². The van der Waals surface area contributed by atoms with Crippen LogP contribution < -0.4 is 10.6 Å². The summed E-state index contributed by atoms with van der Waals surface area (Å²) in [5, 5.41) is 6.76. The summed E-state index contributed by atoms with van der Waals surface area (Å²) in [6, 6.07) is 0.688. The van der Waals surface area contributed by atoms with Gasteiger partial charge in [-0.1, -0.05) is 19.8 Å². The second-order valence-corrected chi connectivity index (χ2v) is 6.90. The zero-order valence-electron chi connectivity index (χ0n) is 13.6.